The third-order valence-corrected chi connectivity index (χ3v) is 4.42. The first kappa shape index (κ1) is 13.3. The molecule has 1 saturated carbocycles. The quantitative estimate of drug-likeness (QED) is 0.763. The van der Waals surface area contributed by atoms with Gasteiger partial charge in [0.15, 0.2) is 0 Å². The van der Waals surface area contributed by atoms with E-state index >= 15 is 0 Å². The summed E-state index contributed by atoms with van der Waals surface area (Å²) in [6.45, 7) is 11.7. The second kappa shape index (κ2) is 5.68. The molecule has 2 rings (SSSR count). The summed E-state index contributed by atoms with van der Waals surface area (Å²) in [5.41, 5.74) is 6.29. The lowest BCUT2D eigenvalue weighted by Crippen LogP contribution is -2.51. The molecule has 0 spiro atoms. The van der Waals surface area contributed by atoms with Gasteiger partial charge in [-0.05, 0) is 31.2 Å². The minimum Gasteiger partial charge on any atom is -0.330 e. The summed E-state index contributed by atoms with van der Waals surface area (Å²) in [6.07, 6.45) is 5.38. The zero-order valence-corrected chi connectivity index (χ0v) is 11.6. The number of piperazine rings is 1. The molecule has 1 heterocycles. The maximum Gasteiger partial charge on any atom is 0.0113 e. The van der Waals surface area contributed by atoms with Gasteiger partial charge in [-0.25, -0.2) is 0 Å². The van der Waals surface area contributed by atoms with Crippen LogP contribution in [0.5, 0.6) is 0 Å². The van der Waals surface area contributed by atoms with Gasteiger partial charge >= 0.3 is 0 Å². The van der Waals surface area contributed by atoms with Crippen LogP contribution in [0.25, 0.3) is 0 Å². The van der Waals surface area contributed by atoms with Crippen molar-refractivity contribution in [1.82, 2.24) is 9.80 Å². The molecule has 0 amide bonds. The van der Waals surface area contributed by atoms with E-state index in [2.05, 4.69) is 23.6 Å². The summed E-state index contributed by atoms with van der Waals surface area (Å²) in [7, 11) is 0. The van der Waals surface area contributed by atoms with Crippen molar-refractivity contribution in [1.29, 1.82) is 0 Å². The summed E-state index contributed by atoms with van der Waals surface area (Å²) in [5, 5.41) is 0. The number of hydrogen-bond donors (Lipinski definition) is 1. The van der Waals surface area contributed by atoms with Crippen LogP contribution < -0.4 is 5.73 Å². The largest absolute Gasteiger partial charge is 0.330 e. The predicted octanol–water partition coefficient (Wildman–Crippen LogP) is 1.53. The summed E-state index contributed by atoms with van der Waals surface area (Å²) in [6, 6.07) is 0.939. The van der Waals surface area contributed by atoms with Crippen molar-refractivity contribution in [2.24, 2.45) is 11.1 Å². The Hall–Kier alpha value is -0.120. The van der Waals surface area contributed by atoms with Crippen LogP contribution in [-0.2, 0) is 0 Å². The lowest BCUT2D eigenvalue weighted by molar-refractivity contribution is 0.0858. The average Bonchev–Trinajstić information content (AvgIpc) is 3.14. The van der Waals surface area contributed by atoms with Crippen molar-refractivity contribution < 1.29 is 0 Å². The Morgan fingerprint density at radius 1 is 1.18 bits per heavy atom. The van der Waals surface area contributed by atoms with Crippen LogP contribution in [0.1, 0.15) is 39.5 Å². The maximum atomic E-state index is 5.96. The number of hydrogen-bond acceptors (Lipinski definition) is 3. The second-order valence-corrected chi connectivity index (χ2v) is 6.31. The highest BCUT2D eigenvalue weighted by Gasteiger charge is 2.33. The lowest BCUT2D eigenvalue weighted by atomic mass is 9.85. The first-order valence-corrected chi connectivity index (χ1v) is 7.33. The minimum absolute atomic E-state index is 0.330. The van der Waals surface area contributed by atoms with Gasteiger partial charge in [0.1, 0.15) is 0 Å². The predicted molar refractivity (Wildman–Crippen MR) is 73.1 cm³/mol. The third-order valence-electron chi connectivity index (χ3n) is 4.42. The SMILES string of the molecule is CCCC(C)(CN)CN1CCN(C2CC2)CC1. The number of nitrogens with zero attached hydrogens (tertiary/aromatic N) is 2. The molecule has 1 aliphatic heterocycles. The van der Waals surface area contributed by atoms with Crippen molar-refractivity contribution in [3.63, 3.8) is 0 Å². The molecule has 1 atom stereocenters. The van der Waals surface area contributed by atoms with Crippen LogP contribution in [0.3, 0.4) is 0 Å². The van der Waals surface area contributed by atoms with Crippen molar-refractivity contribution in [3.8, 4) is 0 Å². The molecule has 0 aromatic carbocycles. The highest BCUT2D eigenvalue weighted by Crippen LogP contribution is 2.29. The Morgan fingerprint density at radius 2 is 1.82 bits per heavy atom. The van der Waals surface area contributed by atoms with Gasteiger partial charge in [0.05, 0.1) is 0 Å². The van der Waals surface area contributed by atoms with Gasteiger partial charge in [-0.1, -0.05) is 20.3 Å². The van der Waals surface area contributed by atoms with Crippen LogP contribution in [0.4, 0.5) is 0 Å². The molecule has 2 aliphatic rings. The molecule has 1 unspecified atom stereocenters. The fourth-order valence-electron chi connectivity index (χ4n) is 3.12. The van der Waals surface area contributed by atoms with Crippen molar-refractivity contribution in [2.45, 2.75) is 45.6 Å². The second-order valence-electron chi connectivity index (χ2n) is 6.31. The van der Waals surface area contributed by atoms with Crippen LogP contribution in [0.15, 0.2) is 0 Å². The molecule has 0 aromatic heterocycles. The van der Waals surface area contributed by atoms with E-state index in [9.17, 15) is 0 Å². The third kappa shape index (κ3) is 3.67. The van der Waals surface area contributed by atoms with E-state index < -0.39 is 0 Å². The molecule has 1 saturated heterocycles. The maximum absolute atomic E-state index is 5.96. The monoisotopic (exact) mass is 239 g/mol. The van der Waals surface area contributed by atoms with Gasteiger partial charge in [0.25, 0.3) is 0 Å². The molecule has 17 heavy (non-hydrogen) atoms. The summed E-state index contributed by atoms with van der Waals surface area (Å²) < 4.78 is 0. The summed E-state index contributed by atoms with van der Waals surface area (Å²) in [5.74, 6) is 0. The van der Waals surface area contributed by atoms with Gasteiger partial charge in [0.2, 0.25) is 0 Å². The zero-order valence-electron chi connectivity index (χ0n) is 11.6. The molecule has 3 heteroatoms. The summed E-state index contributed by atoms with van der Waals surface area (Å²) in [4.78, 5) is 5.30. The van der Waals surface area contributed by atoms with Crippen molar-refractivity contribution in [2.75, 3.05) is 39.3 Å². The van der Waals surface area contributed by atoms with E-state index in [1.165, 1.54) is 58.4 Å². The molecule has 0 bridgehead atoms. The van der Waals surface area contributed by atoms with E-state index in [1.54, 1.807) is 0 Å². The van der Waals surface area contributed by atoms with Gasteiger partial charge in [-0.3, -0.25) is 4.90 Å². The van der Waals surface area contributed by atoms with Crippen LogP contribution in [-0.4, -0.2) is 55.1 Å². The van der Waals surface area contributed by atoms with E-state index in [4.69, 9.17) is 5.73 Å². The van der Waals surface area contributed by atoms with E-state index in [-0.39, 0.29) is 0 Å². The summed E-state index contributed by atoms with van der Waals surface area (Å²) >= 11 is 0. The molecule has 1 aliphatic carbocycles. The fraction of sp³-hybridized carbons (Fsp3) is 1.00. The Bertz CT molecular complexity index is 232. The fourth-order valence-corrected chi connectivity index (χ4v) is 3.12. The van der Waals surface area contributed by atoms with Crippen LogP contribution in [0, 0.1) is 5.41 Å². The van der Waals surface area contributed by atoms with Gasteiger partial charge in [-0.2, -0.15) is 0 Å². The van der Waals surface area contributed by atoms with Crippen molar-refractivity contribution >= 4 is 0 Å². The van der Waals surface area contributed by atoms with E-state index in [1.807, 2.05) is 0 Å². The first-order chi connectivity index (χ1) is 8.17. The van der Waals surface area contributed by atoms with Gasteiger partial charge < -0.3 is 10.6 Å². The van der Waals surface area contributed by atoms with Crippen LogP contribution in [0.2, 0.25) is 0 Å². The Labute approximate surface area is 106 Å². The molecule has 2 N–H and O–H groups in total. The number of nitrogens with two attached hydrogens (primary N) is 1. The highest BCUT2D eigenvalue weighted by atomic mass is 15.3. The average molecular weight is 239 g/mol. The van der Waals surface area contributed by atoms with Crippen LogP contribution >= 0.6 is 0 Å². The lowest BCUT2D eigenvalue weighted by Gasteiger charge is -2.40. The van der Waals surface area contributed by atoms with Crippen molar-refractivity contribution in [3.05, 3.63) is 0 Å². The molecular formula is C14H29N3. The first-order valence-electron chi connectivity index (χ1n) is 7.33. The molecular weight excluding hydrogens is 210 g/mol. The van der Waals surface area contributed by atoms with E-state index in [0.717, 1.165) is 12.6 Å². The molecule has 0 radical (unpaired) electrons. The standard InChI is InChI=1S/C14H29N3/c1-3-6-14(2,11-15)12-16-7-9-17(10-8-16)13-4-5-13/h13H,3-12,15H2,1-2H3. The number of rotatable bonds is 6. The van der Waals surface area contributed by atoms with Gasteiger partial charge in [-0.15, -0.1) is 0 Å². The zero-order chi connectivity index (χ0) is 12.3. The Kier molecular flexibility index (Phi) is 4.45. The molecule has 2 fully saturated rings. The Morgan fingerprint density at radius 3 is 2.29 bits per heavy atom. The molecule has 0 aromatic rings. The normalized spacial score (nSPS) is 27.0. The minimum atomic E-state index is 0.330. The Balaban J connectivity index is 1.75. The smallest absolute Gasteiger partial charge is 0.0113 e. The molecule has 3 nitrogen and oxygen atoms in total. The van der Waals surface area contributed by atoms with E-state index in [0.29, 0.717) is 5.41 Å². The van der Waals surface area contributed by atoms with Gasteiger partial charge in [0, 0.05) is 38.8 Å². The highest BCUT2D eigenvalue weighted by molar-refractivity contribution is 4.89. The topological polar surface area (TPSA) is 32.5 Å². The molecule has 100 valence electrons.